The standard InChI is InChI=1S/C13H26N4O2/c1-5-12(2,10(14)16-19)11(18)15-9-13(17(3)4)7-6-8-13/h19H,5-9H2,1-4H3,(H2,14,16)(H,15,18). The second-order valence-electron chi connectivity index (χ2n) is 5.83. The Kier molecular flexibility index (Phi) is 4.79. The van der Waals surface area contributed by atoms with Gasteiger partial charge in [-0.3, -0.25) is 4.79 Å². The number of carbonyl (C=O) groups excluding carboxylic acids is 1. The number of likely N-dealkylation sites (N-methyl/N-ethyl adjacent to an activating group) is 1. The van der Waals surface area contributed by atoms with Crippen molar-refractivity contribution in [2.45, 2.75) is 45.1 Å². The molecule has 1 saturated carbocycles. The molecule has 1 fully saturated rings. The lowest BCUT2D eigenvalue weighted by Crippen LogP contribution is -2.59. The average Bonchev–Trinajstić information content (AvgIpc) is 2.34. The molecule has 0 heterocycles. The summed E-state index contributed by atoms with van der Waals surface area (Å²) in [5, 5.41) is 14.7. The van der Waals surface area contributed by atoms with E-state index in [0.29, 0.717) is 13.0 Å². The molecule has 1 rings (SSSR count). The summed E-state index contributed by atoms with van der Waals surface area (Å²) >= 11 is 0. The van der Waals surface area contributed by atoms with E-state index in [0.717, 1.165) is 12.8 Å². The van der Waals surface area contributed by atoms with Gasteiger partial charge in [-0.25, -0.2) is 0 Å². The van der Waals surface area contributed by atoms with Gasteiger partial charge in [-0.2, -0.15) is 0 Å². The predicted molar refractivity (Wildman–Crippen MR) is 75.1 cm³/mol. The van der Waals surface area contributed by atoms with Gasteiger partial charge in [-0.05, 0) is 46.7 Å². The minimum absolute atomic E-state index is 0.0417. The van der Waals surface area contributed by atoms with Crippen LogP contribution >= 0.6 is 0 Å². The SMILES string of the molecule is CCC(C)(C(=O)NCC1(N(C)C)CCC1)C(N)=NO. The van der Waals surface area contributed by atoms with E-state index in [1.54, 1.807) is 6.92 Å². The fourth-order valence-electron chi connectivity index (χ4n) is 2.38. The number of hydrogen-bond donors (Lipinski definition) is 3. The Morgan fingerprint density at radius 3 is 2.42 bits per heavy atom. The normalized spacial score (nSPS) is 21.6. The molecular formula is C13H26N4O2. The largest absolute Gasteiger partial charge is 0.409 e. The van der Waals surface area contributed by atoms with Crippen molar-refractivity contribution < 1.29 is 10.0 Å². The molecule has 19 heavy (non-hydrogen) atoms. The van der Waals surface area contributed by atoms with E-state index in [1.807, 2.05) is 21.0 Å². The number of amidine groups is 1. The Morgan fingerprint density at radius 2 is 2.11 bits per heavy atom. The Bertz CT molecular complexity index is 364. The van der Waals surface area contributed by atoms with Crippen LogP contribution in [-0.2, 0) is 4.79 Å². The molecule has 0 saturated heterocycles. The van der Waals surface area contributed by atoms with E-state index in [9.17, 15) is 4.79 Å². The van der Waals surface area contributed by atoms with Crippen molar-refractivity contribution in [3.8, 4) is 0 Å². The maximum absolute atomic E-state index is 12.3. The van der Waals surface area contributed by atoms with Crippen LogP contribution in [0.1, 0.15) is 39.5 Å². The molecule has 0 radical (unpaired) electrons. The van der Waals surface area contributed by atoms with Gasteiger partial charge in [-0.15, -0.1) is 0 Å². The van der Waals surface area contributed by atoms with E-state index in [4.69, 9.17) is 10.9 Å². The fourth-order valence-corrected chi connectivity index (χ4v) is 2.38. The molecular weight excluding hydrogens is 244 g/mol. The summed E-state index contributed by atoms with van der Waals surface area (Å²) in [6.45, 7) is 4.15. The topological polar surface area (TPSA) is 91.0 Å². The predicted octanol–water partition coefficient (Wildman–Crippen LogP) is 0.750. The highest BCUT2D eigenvalue weighted by Gasteiger charge is 2.42. The maximum Gasteiger partial charge on any atom is 0.233 e. The summed E-state index contributed by atoms with van der Waals surface area (Å²) in [6, 6.07) is 0. The molecule has 0 aliphatic heterocycles. The van der Waals surface area contributed by atoms with Crippen molar-refractivity contribution in [3.05, 3.63) is 0 Å². The molecule has 1 amide bonds. The van der Waals surface area contributed by atoms with Crippen molar-refractivity contribution >= 4 is 11.7 Å². The number of hydrogen-bond acceptors (Lipinski definition) is 4. The lowest BCUT2D eigenvalue weighted by atomic mass is 9.75. The zero-order valence-corrected chi connectivity index (χ0v) is 12.4. The molecule has 0 aromatic rings. The highest BCUT2D eigenvalue weighted by atomic mass is 16.4. The molecule has 0 aromatic carbocycles. The molecule has 0 spiro atoms. The van der Waals surface area contributed by atoms with Gasteiger partial charge in [0.25, 0.3) is 0 Å². The van der Waals surface area contributed by atoms with Crippen LogP contribution in [0.25, 0.3) is 0 Å². The van der Waals surface area contributed by atoms with Gasteiger partial charge in [0.2, 0.25) is 5.91 Å². The van der Waals surface area contributed by atoms with Crippen LogP contribution < -0.4 is 11.1 Å². The van der Waals surface area contributed by atoms with Crippen molar-refractivity contribution in [1.82, 2.24) is 10.2 Å². The Balaban J connectivity index is 2.69. The lowest BCUT2D eigenvalue weighted by molar-refractivity contribution is -0.128. The molecule has 110 valence electrons. The van der Waals surface area contributed by atoms with Gasteiger partial charge < -0.3 is 21.2 Å². The highest BCUT2D eigenvalue weighted by Crippen LogP contribution is 2.35. The maximum atomic E-state index is 12.3. The van der Waals surface area contributed by atoms with Crippen LogP contribution in [-0.4, -0.2) is 48.0 Å². The summed E-state index contributed by atoms with van der Waals surface area (Å²) in [7, 11) is 4.07. The number of oxime groups is 1. The highest BCUT2D eigenvalue weighted by molar-refractivity contribution is 6.06. The molecule has 1 aliphatic carbocycles. The van der Waals surface area contributed by atoms with E-state index in [2.05, 4.69) is 15.4 Å². The first-order valence-electron chi connectivity index (χ1n) is 6.76. The van der Waals surface area contributed by atoms with Gasteiger partial charge in [0.15, 0.2) is 5.84 Å². The number of amides is 1. The smallest absolute Gasteiger partial charge is 0.233 e. The second-order valence-corrected chi connectivity index (χ2v) is 5.83. The van der Waals surface area contributed by atoms with Crippen LogP contribution in [0.5, 0.6) is 0 Å². The molecule has 6 nitrogen and oxygen atoms in total. The van der Waals surface area contributed by atoms with Gasteiger partial charge >= 0.3 is 0 Å². The summed E-state index contributed by atoms with van der Waals surface area (Å²) < 4.78 is 0. The number of rotatable bonds is 6. The van der Waals surface area contributed by atoms with Gasteiger partial charge in [0.1, 0.15) is 5.41 Å². The summed E-state index contributed by atoms with van der Waals surface area (Å²) in [6.07, 6.45) is 3.86. The zero-order chi connectivity index (χ0) is 14.7. The Hall–Kier alpha value is -1.30. The molecule has 0 aromatic heterocycles. The Morgan fingerprint density at radius 1 is 1.53 bits per heavy atom. The molecule has 4 N–H and O–H groups in total. The third-order valence-corrected chi connectivity index (χ3v) is 4.69. The van der Waals surface area contributed by atoms with E-state index < -0.39 is 5.41 Å². The number of nitrogens with two attached hydrogens (primary N) is 1. The first-order valence-corrected chi connectivity index (χ1v) is 6.76. The van der Waals surface area contributed by atoms with Gasteiger partial charge in [0.05, 0.1) is 0 Å². The summed E-state index contributed by atoms with van der Waals surface area (Å²) in [5.74, 6) is -0.224. The summed E-state index contributed by atoms with van der Waals surface area (Å²) in [5.41, 5.74) is 4.75. The number of nitrogens with zero attached hydrogens (tertiary/aromatic N) is 2. The molecule has 1 unspecified atom stereocenters. The zero-order valence-electron chi connectivity index (χ0n) is 12.4. The molecule has 1 aliphatic rings. The lowest BCUT2D eigenvalue weighted by Gasteiger charge is -2.47. The van der Waals surface area contributed by atoms with Gasteiger partial charge in [0, 0.05) is 12.1 Å². The van der Waals surface area contributed by atoms with Gasteiger partial charge in [-0.1, -0.05) is 12.1 Å². The van der Waals surface area contributed by atoms with Crippen molar-refractivity contribution in [2.75, 3.05) is 20.6 Å². The molecule has 0 bridgehead atoms. The Labute approximate surface area is 115 Å². The monoisotopic (exact) mass is 270 g/mol. The molecule has 1 atom stereocenters. The fraction of sp³-hybridized carbons (Fsp3) is 0.846. The second kappa shape index (κ2) is 5.77. The van der Waals surface area contributed by atoms with Crippen LogP contribution in [0.4, 0.5) is 0 Å². The van der Waals surface area contributed by atoms with Crippen molar-refractivity contribution in [1.29, 1.82) is 0 Å². The summed E-state index contributed by atoms with van der Waals surface area (Å²) in [4.78, 5) is 14.5. The van der Waals surface area contributed by atoms with E-state index in [1.165, 1.54) is 6.42 Å². The minimum Gasteiger partial charge on any atom is -0.409 e. The third-order valence-electron chi connectivity index (χ3n) is 4.69. The van der Waals surface area contributed by atoms with Crippen molar-refractivity contribution in [3.63, 3.8) is 0 Å². The van der Waals surface area contributed by atoms with Crippen LogP contribution in [0.3, 0.4) is 0 Å². The van der Waals surface area contributed by atoms with Crippen LogP contribution in [0.15, 0.2) is 5.16 Å². The molecule has 6 heteroatoms. The van der Waals surface area contributed by atoms with Crippen molar-refractivity contribution in [2.24, 2.45) is 16.3 Å². The first-order chi connectivity index (χ1) is 8.82. The number of carbonyl (C=O) groups is 1. The third kappa shape index (κ3) is 2.83. The first kappa shape index (κ1) is 15.8. The average molecular weight is 270 g/mol. The quantitative estimate of drug-likeness (QED) is 0.287. The van der Waals surface area contributed by atoms with Crippen LogP contribution in [0.2, 0.25) is 0 Å². The number of nitrogens with one attached hydrogen (secondary N) is 1. The minimum atomic E-state index is -0.952. The van der Waals surface area contributed by atoms with Crippen LogP contribution in [0, 0.1) is 5.41 Å². The van der Waals surface area contributed by atoms with E-state index >= 15 is 0 Å². The van der Waals surface area contributed by atoms with E-state index in [-0.39, 0.29) is 17.3 Å².